The topological polar surface area (TPSA) is 66.9 Å². The Labute approximate surface area is 183 Å². The van der Waals surface area contributed by atoms with E-state index in [1.807, 2.05) is 24.3 Å². The molecule has 0 bridgehead atoms. The highest BCUT2D eigenvalue weighted by atomic mass is 79.9. The van der Waals surface area contributed by atoms with Crippen LogP contribution in [0.25, 0.3) is 0 Å². The highest BCUT2D eigenvalue weighted by Crippen LogP contribution is 2.31. The first-order valence-corrected chi connectivity index (χ1v) is 12.0. The smallest absolute Gasteiger partial charge is 0.254 e. The Balaban J connectivity index is 1.62. The number of hydrogen-bond donors (Lipinski definition) is 0. The van der Waals surface area contributed by atoms with Crippen molar-refractivity contribution in [1.82, 2.24) is 9.21 Å². The van der Waals surface area contributed by atoms with Crippen LogP contribution in [-0.2, 0) is 21.3 Å². The van der Waals surface area contributed by atoms with Crippen LogP contribution in [0.1, 0.15) is 28.8 Å². The summed E-state index contributed by atoms with van der Waals surface area (Å²) in [4.78, 5) is 14.5. The van der Waals surface area contributed by atoms with Gasteiger partial charge >= 0.3 is 0 Å². The Morgan fingerprint density at radius 2 is 1.90 bits per heavy atom. The predicted molar refractivity (Wildman–Crippen MR) is 113 cm³/mol. The van der Waals surface area contributed by atoms with Gasteiger partial charge in [-0.1, -0.05) is 28.1 Å². The summed E-state index contributed by atoms with van der Waals surface area (Å²) in [7, 11) is -4.04. The second-order valence-electron chi connectivity index (χ2n) is 7.46. The minimum absolute atomic E-state index is 0.112. The van der Waals surface area contributed by atoms with Gasteiger partial charge in [0.1, 0.15) is 10.7 Å². The summed E-state index contributed by atoms with van der Waals surface area (Å²) in [5.74, 6) is -1.15. The van der Waals surface area contributed by atoms with E-state index in [0.29, 0.717) is 6.54 Å². The number of ether oxygens (including phenoxy) is 1. The van der Waals surface area contributed by atoms with Crippen LogP contribution in [0.5, 0.6) is 0 Å². The fraction of sp³-hybridized carbons (Fsp3) is 0.381. The molecule has 2 fully saturated rings. The molecule has 1 aliphatic heterocycles. The van der Waals surface area contributed by atoms with Crippen molar-refractivity contribution in [3.8, 4) is 0 Å². The number of hydrogen-bond acceptors (Lipinski definition) is 4. The van der Waals surface area contributed by atoms with Gasteiger partial charge in [-0.25, -0.2) is 12.8 Å². The molecule has 2 aromatic carbocycles. The van der Waals surface area contributed by atoms with Crippen molar-refractivity contribution in [2.24, 2.45) is 0 Å². The van der Waals surface area contributed by atoms with Gasteiger partial charge in [-0.15, -0.1) is 0 Å². The molecule has 160 valence electrons. The number of nitrogens with zero attached hydrogens (tertiary/aromatic N) is 2. The number of halogens is 2. The zero-order chi connectivity index (χ0) is 21.3. The zero-order valence-corrected chi connectivity index (χ0v) is 18.7. The molecule has 0 N–H and O–H groups in total. The van der Waals surface area contributed by atoms with Gasteiger partial charge < -0.3 is 9.64 Å². The standard InChI is InChI=1S/C21H22BrFN2O4S/c22-17-3-1-2-15(12-17)14-25(18-5-6-18)21(26)16-4-7-19(23)20(13-16)30(27,28)24-8-10-29-11-9-24/h1-4,7,12-13,18H,5-6,8-11,14H2. The van der Waals surface area contributed by atoms with Crippen LogP contribution in [0.15, 0.2) is 51.8 Å². The summed E-state index contributed by atoms with van der Waals surface area (Å²) < 4.78 is 47.6. The van der Waals surface area contributed by atoms with E-state index in [-0.39, 0.29) is 43.8 Å². The first kappa shape index (κ1) is 21.4. The maximum absolute atomic E-state index is 14.5. The number of carbonyl (C=O) groups is 1. The van der Waals surface area contributed by atoms with E-state index in [1.165, 1.54) is 16.4 Å². The fourth-order valence-corrected chi connectivity index (χ4v) is 5.46. The largest absolute Gasteiger partial charge is 0.379 e. The minimum Gasteiger partial charge on any atom is -0.379 e. The summed E-state index contributed by atoms with van der Waals surface area (Å²) in [5.41, 5.74) is 1.14. The molecule has 30 heavy (non-hydrogen) atoms. The monoisotopic (exact) mass is 496 g/mol. The molecule has 0 unspecified atom stereocenters. The average Bonchev–Trinajstić information content (AvgIpc) is 3.58. The molecule has 6 nitrogen and oxygen atoms in total. The van der Waals surface area contributed by atoms with Crippen molar-refractivity contribution in [3.63, 3.8) is 0 Å². The molecule has 2 aliphatic rings. The van der Waals surface area contributed by atoms with Crippen LogP contribution >= 0.6 is 15.9 Å². The highest BCUT2D eigenvalue weighted by molar-refractivity contribution is 9.10. The van der Waals surface area contributed by atoms with Crippen LogP contribution in [0.2, 0.25) is 0 Å². The second-order valence-corrected chi connectivity index (χ2v) is 10.3. The normalized spacial score (nSPS) is 17.7. The predicted octanol–water partition coefficient (Wildman–Crippen LogP) is 3.41. The number of morpholine rings is 1. The SMILES string of the molecule is O=C(c1ccc(F)c(S(=O)(=O)N2CCOCC2)c1)N(Cc1cccc(Br)c1)C1CC1. The molecule has 0 radical (unpaired) electrons. The van der Waals surface area contributed by atoms with Gasteiger partial charge in [0, 0.05) is 35.7 Å². The van der Waals surface area contributed by atoms with Crippen molar-refractivity contribution in [3.05, 3.63) is 63.9 Å². The summed E-state index contributed by atoms with van der Waals surface area (Å²) in [6, 6.07) is 11.4. The molecule has 9 heteroatoms. The molecule has 1 saturated carbocycles. The molecule has 0 aromatic heterocycles. The Morgan fingerprint density at radius 1 is 1.17 bits per heavy atom. The molecule has 2 aromatic rings. The molecular formula is C21H22BrFN2O4S. The Morgan fingerprint density at radius 3 is 2.57 bits per heavy atom. The average molecular weight is 497 g/mol. The van der Waals surface area contributed by atoms with Crippen molar-refractivity contribution in [1.29, 1.82) is 0 Å². The molecule has 0 atom stereocenters. The zero-order valence-electron chi connectivity index (χ0n) is 16.3. The van der Waals surface area contributed by atoms with E-state index >= 15 is 0 Å². The summed E-state index contributed by atoms with van der Waals surface area (Å²) >= 11 is 3.44. The number of rotatable bonds is 6. The van der Waals surface area contributed by atoms with E-state index in [1.54, 1.807) is 4.90 Å². The molecule has 1 amide bonds. The molecule has 1 heterocycles. The summed E-state index contributed by atoms with van der Waals surface area (Å²) in [5, 5.41) is 0. The van der Waals surface area contributed by atoms with Gasteiger partial charge in [-0.3, -0.25) is 4.79 Å². The lowest BCUT2D eigenvalue weighted by atomic mass is 10.1. The van der Waals surface area contributed by atoms with Gasteiger partial charge in [0.15, 0.2) is 0 Å². The van der Waals surface area contributed by atoms with Crippen molar-refractivity contribution in [2.45, 2.75) is 30.3 Å². The van der Waals surface area contributed by atoms with Gasteiger partial charge in [-0.05, 0) is 48.7 Å². The maximum atomic E-state index is 14.5. The van der Waals surface area contributed by atoms with Crippen molar-refractivity contribution >= 4 is 31.9 Å². The van der Waals surface area contributed by atoms with E-state index in [2.05, 4.69) is 15.9 Å². The van der Waals surface area contributed by atoms with Gasteiger partial charge in [0.2, 0.25) is 10.0 Å². The minimum atomic E-state index is -4.04. The second kappa shape index (κ2) is 8.74. The lowest BCUT2D eigenvalue weighted by Gasteiger charge is -2.27. The van der Waals surface area contributed by atoms with Crippen molar-refractivity contribution < 1.29 is 22.3 Å². The third-order valence-electron chi connectivity index (χ3n) is 5.26. The van der Waals surface area contributed by atoms with E-state index < -0.39 is 20.7 Å². The van der Waals surface area contributed by atoms with Crippen LogP contribution in [0, 0.1) is 5.82 Å². The molecule has 4 rings (SSSR count). The fourth-order valence-electron chi connectivity index (χ4n) is 3.51. The van der Waals surface area contributed by atoms with Crippen molar-refractivity contribution in [2.75, 3.05) is 26.3 Å². The van der Waals surface area contributed by atoms with E-state index in [9.17, 15) is 17.6 Å². The summed E-state index contributed by atoms with van der Waals surface area (Å²) in [6.45, 7) is 1.27. The lowest BCUT2D eigenvalue weighted by molar-refractivity contribution is 0.0724. The molecule has 0 spiro atoms. The first-order chi connectivity index (χ1) is 14.4. The maximum Gasteiger partial charge on any atom is 0.254 e. The van der Waals surface area contributed by atoms with Gasteiger partial charge in [-0.2, -0.15) is 4.31 Å². The third kappa shape index (κ3) is 4.59. The van der Waals surface area contributed by atoms with Crippen LogP contribution in [0.3, 0.4) is 0 Å². The van der Waals surface area contributed by atoms with Gasteiger partial charge in [0.25, 0.3) is 5.91 Å². The van der Waals surface area contributed by atoms with Crippen LogP contribution in [0.4, 0.5) is 4.39 Å². The van der Waals surface area contributed by atoms with E-state index in [0.717, 1.165) is 28.9 Å². The third-order valence-corrected chi connectivity index (χ3v) is 7.66. The number of amides is 1. The number of benzene rings is 2. The first-order valence-electron chi connectivity index (χ1n) is 9.79. The highest BCUT2D eigenvalue weighted by Gasteiger charge is 2.35. The summed E-state index contributed by atoms with van der Waals surface area (Å²) in [6.07, 6.45) is 1.81. The van der Waals surface area contributed by atoms with Crippen LogP contribution in [-0.4, -0.2) is 55.9 Å². The Bertz CT molecular complexity index is 1050. The molecular weight excluding hydrogens is 475 g/mol. The number of sulfonamides is 1. The van der Waals surface area contributed by atoms with E-state index in [4.69, 9.17) is 4.74 Å². The number of carbonyl (C=O) groups excluding carboxylic acids is 1. The molecule has 1 saturated heterocycles. The van der Waals surface area contributed by atoms with Gasteiger partial charge in [0.05, 0.1) is 13.2 Å². The quantitative estimate of drug-likeness (QED) is 0.614. The molecule has 1 aliphatic carbocycles. The Kier molecular flexibility index (Phi) is 6.24. The Hall–Kier alpha value is -1.81. The van der Waals surface area contributed by atoms with Crippen LogP contribution < -0.4 is 0 Å². The lowest BCUT2D eigenvalue weighted by Crippen LogP contribution is -2.41.